The number of amides is 1. The average Bonchev–Trinajstić information content (AvgIpc) is 2.76. The SMILES string of the molecule is COc1cc(OC)c(C2=CCN(C(=O)/C=C/c3cccc(F)c3)CC2)c(OC)c1. The number of ether oxygens (including phenoxy) is 3. The summed E-state index contributed by atoms with van der Waals surface area (Å²) >= 11 is 0. The van der Waals surface area contributed by atoms with Crippen molar-refractivity contribution >= 4 is 17.6 Å². The summed E-state index contributed by atoms with van der Waals surface area (Å²) in [6.07, 6.45) is 5.77. The third kappa shape index (κ3) is 4.77. The van der Waals surface area contributed by atoms with Crippen molar-refractivity contribution in [1.82, 2.24) is 4.90 Å². The molecule has 5 nitrogen and oxygen atoms in total. The second-order valence-electron chi connectivity index (χ2n) is 6.56. The van der Waals surface area contributed by atoms with Crippen LogP contribution in [0, 0.1) is 5.82 Å². The van der Waals surface area contributed by atoms with E-state index in [-0.39, 0.29) is 11.7 Å². The number of carbonyl (C=O) groups excluding carboxylic acids is 1. The van der Waals surface area contributed by atoms with E-state index in [1.165, 1.54) is 18.2 Å². The minimum absolute atomic E-state index is 0.113. The van der Waals surface area contributed by atoms with Crippen molar-refractivity contribution in [1.29, 1.82) is 0 Å². The normalized spacial score (nSPS) is 13.9. The highest BCUT2D eigenvalue weighted by molar-refractivity contribution is 5.92. The Hall–Kier alpha value is -3.28. The molecule has 0 N–H and O–H groups in total. The first-order chi connectivity index (χ1) is 14.0. The molecule has 0 atom stereocenters. The number of benzene rings is 2. The van der Waals surface area contributed by atoms with Gasteiger partial charge in [-0.25, -0.2) is 4.39 Å². The van der Waals surface area contributed by atoms with Gasteiger partial charge in [-0.15, -0.1) is 0 Å². The molecular weight excluding hydrogens is 373 g/mol. The molecule has 0 spiro atoms. The fraction of sp³-hybridized carbons (Fsp3) is 0.261. The number of hydrogen-bond acceptors (Lipinski definition) is 4. The Kier molecular flexibility index (Phi) is 6.54. The molecule has 0 radical (unpaired) electrons. The maximum Gasteiger partial charge on any atom is 0.246 e. The average molecular weight is 397 g/mol. The minimum atomic E-state index is -0.326. The Balaban J connectivity index is 1.76. The van der Waals surface area contributed by atoms with E-state index in [0.717, 1.165) is 11.1 Å². The van der Waals surface area contributed by atoms with Gasteiger partial charge in [0.2, 0.25) is 5.91 Å². The monoisotopic (exact) mass is 397 g/mol. The van der Waals surface area contributed by atoms with E-state index >= 15 is 0 Å². The quantitative estimate of drug-likeness (QED) is 0.686. The molecule has 0 unspecified atom stereocenters. The molecule has 2 aromatic rings. The maximum absolute atomic E-state index is 13.3. The van der Waals surface area contributed by atoms with Crippen LogP contribution in [0.5, 0.6) is 17.2 Å². The molecule has 2 aromatic carbocycles. The van der Waals surface area contributed by atoms with Crippen LogP contribution in [-0.4, -0.2) is 45.2 Å². The Bertz CT molecular complexity index is 927. The molecule has 29 heavy (non-hydrogen) atoms. The lowest BCUT2D eigenvalue weighted by molar-refractivity contribution is -0.125. The maximum atomic E-state index is 13.3. The van der Waals surface area contributed by atoms with E-state index in [1.807, 2.05) is 18.2 Å². The Morgan fingerprint density at radius 2 is 1.79 bits per heavy atom. The summed E-state index contributed by atoms with van der Waals surface area (Å²) in [6.45, 7) is 1.04. The van der Waals surface area contributed by atoms with E-state index in [1.54, 1.807) is 44.4 Å². The molecule has 0 saturated heterocycles. The van der Waals surface area contributed by atoms with Crippen LogP contribution in [0.25, 0.3) is 11.6 Å². The summed E-state index contributed by atoms with van der Waals surface area (Å²) < 4.78 is 29.6. The first kappa shape index (κ1) is 20.5. The zero-order valence-corrected chi connectivity index (χ0v) is 16.8. The van der Waals surface area contributed by atoms with Crippen LogP contribution in [0.4, 0.5) is 4.39 Å². The van der Waals surface area contributed by atoms with Gasteiger partial charge in [0.1, 0.15) is 23.1 Å². The second-order valence-corrected chi connectivity index (χ2v) is 6.56. The molecule has 152 valence electrons. The Labute approximate surface area is 170 Å². The number of halogens is 1. The molecular formula is C23H24FNO4. The summed E-state index contributed by atoms with van der Waals surface area (Å²) in [5, 5.41) is 0. The predicted octanol–water partition coefficient (Wildman–Crippen LogP) is 4.18. The van der Waals surface area contributed by atoms with E-state index in [9.17, 15) is 9.18 Å². The number of carbonyl (C=O) groups is 1. The van der Waals surface area contributed by atoms with Gasteiger partial charge in [-0.1, -0.05) is 18.2 Å². The Morgan fingerprint density at radius 1 is 1.07 bits per heavy atom. The number of rotatable bonds is 6. The zero-order chi connectivity index (χ0) is 20.8. The van der Waals surface area contributed by atoms with Gasteiger partial charge in [-0.2, -0.15) is 0 Å². The number of nitrogens with zero attached hydrogens (tertiary/aromatic N) is 1. The van der Waals surface area contributed by atoms with E-state index in [2.05, 4.69) is 0 Å². The van der Waals surface area contributed by atoms with Gasteiger partial charge in [0, 0.05) is 31.3 Å². The lowest BCUT2D eigenvalue weighted by atomic mass is 9.97. The molecule has 6 heteroatoms. The first-order valence-electron chi connectivity index (χ1n) is 9.27. The van der Waals surface area contributed by atoms with Gasteiger partial charge in [0.15, 0.2) is 0 Å². The molecule has 0 bridgehead atoms. The lowest BCUT2D eigenvalue weighted by Crippen LogP contribution is -2.33. The van der Waals surface area contributed by atoms with Gasteiger partial charge in [-0.05, 0) is 35.8 Å². The second kappa shape index (κ2) is 9.28. The highest BCUT2D eigenvalue weighted by Gasteiger charge is 2.22. The Morgan fingerprint density at radius 3 is 2.34 bits per heavy atom. The van der Waals surface area contributed by atoms with Crippen molar-refractivity contribution in [3.05, 3.63) is 65.5 Å². The van der Waals surface area contributed by atoms with Crippen LogP contribution < -0.4 is 14.2 Å². The molecule has 0 aliphatic carbocycles. The predicted molar refractivity (Wildman–Crippen MR) is 111 cm³/mol. The highest BCUT2D eigenvalue weighted by Crippen LogP contribution is 2.40. The third-order valence-corrected chi connectivity index (χ3v) is 4.82. The van der Waals surface area contributed by atoms with Crippen molar-refractivity contribution < 1.29 is 23.4 Å². The van der Waals surface area contributed by atoms with E-state index < -0.39 is 0 Å². The van der Waals surface area contributed by atoms with Crippen molar-refractivity contribution in [2.75, 3.05) is 34.4 Å². The molecule has 0 aromatic heterocycles. The number of methoxy groups -OCH3 is 3. The van der Waals surface area contributed by atoms with Crippen LogP contribution in [0.2, 0.25) is 0 Å². The van der Waals surface area contributed by atoms with Crippen LogP contribution >= 0.6 is 0 Å². The summed E-state index contributed by atoms with van der Waals surface area (Å²) in [6, 6.07) is 9.77. The fourth-order valence-electron chi connectivity index (χ4n) is 3.30. The third-order valence-electron chi connectivity index (χ3n) is 4.82. The smallest absolute Gasteiger partial charge is 0.246 e. The van der Waals surface area contributed by atoms with Crippen LogP contribution in [0.3, 0.4) is 0 Å². The van der Waals surface area contributed by atoms with Gasteiger partial charge in [0.25, 0.3) is 0 Å². The molecule has 1 aliphatic heterocycles. The largest absolute Gasteiger partial charge is 0.496 e. The minimum Gasteiger partial charge on any atom is -0.496 e. The summed E-state index contributed by atoms with van der Waals surface area (Å²) in [4.78, 5) is 14.2. The molecule has 0 fully saturated rings. The molecule has 1 heterocycles. The molecule has 3 rings (SSSR count). The van der Waals surface area contributed by atoms with Crippen molar-refractivity contribution in [2.24, 2.45) is 0 Å². The van der Waals surface area contributed by atoms with Crippen molar-refractivity contribution in [2.45, 2.75) is 6.42 Å². The molecule has 1 aliphatic rings. The molecule has 1 amide bonds. The van der Waals surface area contributed by atoms with Gasteiger partial charge >= 0.3 is 0 Å². The standard InChI is InChI=1S/C23H24FNO4/c1-27-19-14-20(28-2)23(21(15-19)29-3)17-9-11-25(12-10-17)22(26)8-7-16-5-4-6-18(24)13-16/h4-9,13-15H,10-12H2,1-3H3/b8-7+. The van der Waals surface area contributed by atoms with Crippen molar-refractivity contribution in [3.63, 3.8) is 0 Å². The van der Waals surface area contributed by atoms with Gasteiger partial charge < -0.3 is 19.1 Å². The van der Waals surface area contributed by atoms with E-state index in [0.29, 0.717) is 42.3 Å². The van der Waals surface area contributed by atoms with Crippen LogP contribution in [0.15, 0.2) is 48.6 Å². The van der Waals surface area contributed by atoms with Gasteiger partial charge in [0.05, 0.1) is 26.9 Å². The van der Waals surface area contributed by atoms with Crippen molar-refractivity contribution in [3.8, 4) is 17.2 Å². The van der Waals surface area contributed by atoms with E-state index in [4.69, 9.17) is 14.2 Å². The lowest BCUT2D eigenvalue weighted by Gasteiger charge is -2.27. The zero-order valence-electron chi connectivity index (χ0n) is 16.8. The summed E-state index contributed by atoms with van der Waals surface area (Å²) in [5.41, 5.74) is 2.58. The topological polar surface area (TPSA) is 48.0 Å². The van der Waals surface area contributed by atoms with Gasteiger partial charge in [-0.3, -0.25) is 4.79 Å². The summed E-state index contributed by atoms with van der Waals surface area (Å²) in [5.74, 6) is 1.54. The first-order valence-corrected chi connectivity index (χ1v) is 9.27. The summed E-state index contributed by atoms with van der Waals surface area (Å²) in [7, 11) is 4.80. The highest BCUT2D eigenvalue weighted by atomic mass is 19.1. The van der Waals surface area contributed by atoms with Crippen LogP contribution in [-0.2, 0) is 4.79 Å². The fourth-order valence-corrected chi connectivity index (χ4v) is 3.30. The number of hydrogen-bond donors (Lipinski definition) is 0. The van der Waals surface area contributed by atoms with Crippen LogP contribution in [0.1, 0.15) is 17.5 Å². The molecule has 0 saturated carbocycles.